The van der Waals surface area contributed by atoms with Gasteiger partial charge in [0.1, 0.15) is 11.5 Å². The second-order valence-corrected chi connectivity index (χ2v) is 4.85. The lowest BCUT2D eigenvalue weighted by atomic mass is 10.3. The van der Waals surface area contributed by atoms with Crippen molar-refractivity contribution in [3.8, 4) is 0 Å². The first-order chi connectivity index (χ1) is 9.28. The Morgan fingerprint density at radius 3 is 2.74 bits per heavy atom. The van der Waals surface area contributed by atoms with Crippen LogP contribution in [0.3, 0.4) is 0 Å². The Hall–Kier alpha value is -1.52. The van der Waals surface area contributed by atoms with Crippen molar-refractivity contribution in [3.05, 3.63) is 47.8 Å². The molecule has 0 unspecified atom stereocenters. The van der Waals surface area contributed by atoms with Crippen LogP contribution in [0.5, 0.6) is 0 Å². The maximum atomic E-state index is 5.79. The third kappa shape index (κ3) is 4.58. The molecular formula is C15H22N2O2. The summed E-state index contributed by atoms with van der Waals surface area (Å²) < 4.78 is 10.9. The average Bonchev–Trinajstić information content (AvgIpc) is 3.02. The monoisotopic (exact) mass is 262 g/mol. The van der Waals surface area contributed by atoms with Gasteiger partial charge in [0.25, 0.3) is 0 Å². The molecule has 2 heterocycles. The first kappa shape index (κ1) is 13.9. The van der Waals surface area contributed by atoms with Crippen LogP contribution in [-0.4, -0.2) is 18.5 Å². The predicted molar refractivity (Wildman–Crippen MR) is 74.6 cm³/mol. The third-order valence-corrected chi connectivity index (χ3v) is 2.90. The SMILES string of the molecule is CCCNCc1ccc(CN(C)Cc2ccoc2)o1. The zero-order valence-corrected chi connectivity index (χ0v) is 11.7. The Kier molecular flexibility index (Phi) is 5.24. The fraction of sp³-hybridized carbons (Fsp3) is 0.467. The molecule has 4 nitrogen and oxygen atoms in total. The Morgan fingerprint density at radius 1 is 1.16 bits per heavy atom. The predicted octanol–water partition coefficient (Wildman–Crippen LogP) is 3.00. The van der Waals surface area contributed by atoms with E-state index in [1.165, 1.54) is 5.56 Å². The van der Waals surface area contributed by atoms with Crippen LogP contribution in [0.1, 0.15) is 30.4 Å². The van der Waals surface area contributed by atoms with E-state index in [0.29, 0.717) is 0 Å². The van der Waals surface area contributed by atoms with E-state index in [0.717, 1.165) is 44.1 Å². The number of hydrogen-bond donors (Lipinski definition) is 1. The number of nitrogens with one attached hydrogen (secondary N) is 1. The molecule has 0 aromatic carbocycles. The second-order valence-electron chi connectivity index (χ2n) is 4.85. The molecule has 0 saturated heterocycles. The standard InChI is InChI=1S/C15H22N2O2/c1-3-7-16-9-14-4-5-15(19-14)11-17(2)10-13-6-8-18-12-13/h4-6,8,12,16H,3,7,9-11H2,1-2H3. The summed E-state index contributed by atoms with van der Waals surface area (Å²) in [5, 5.41) is 3.33. The van der Waals surface area contributed by atoms with Gasteiger partial charge in [-0.25, -0.2) is 0 Å². The van der Waals surface area contributed by atoms with Gasteiger partial charge in [0, 0.05) is 12.1 Å². The number of nitrogens with zero attached hydrogens (tertiary/aromatic N) is 1. The van der Waals surface area contributed by atoms with Crippen molar-refractivity contribution >= 4 is 0 Å². The van der Waals surface area contributed by atoms with E-state index in [-0.39, 0.29) is 0 Å². The lowest BCUT2D eigenvalue weighted by Crippen LogP contribution is -2.16. The van der Waals surface area contributed by atoms with Crippen LogP contribution in [-0.2, 0) is 19.6 Å². The van der Waals surface area contributed by atoms with Crippen LogP contribution >= 0.6 is 0 Å². The Morgan fingerprint density at radius 2 is 2.00 bits per heavy atom. The Balaban J connectivity index is 1.78. The molecular weight excluding hydrogens is 240 g/mol. The summed E-state index contributed by atoms with van der Waals surface area (Å²) in [5.41, 5.74) is 1.18. The van der Waals surface area contributed by atoms with Gasteiger partial charge in [0.15, 0.2) is 0 Å². The maximum absolute atomic E-state index is 5.79. The fourth-order valence-electron chi connectivity index (χ4n) is 2.01. The van der Waals surface area contributed by atoms with Crippen molar-refractivity contribution < 1.29 is 8.83 Å². The molecule has 2 aromatic heterocycles. The van der Waals surface area contributed by atoms with Gasteiger partial charge in [-0.1, -0.05) is 6.92 Å². The molecule has 104 valence electrons. The van der Waals surface area contributed by atoms with Gasteiger partial charge >= 0.3 is 0 Å². The molecule has 19 heavy (non-hydrogen) atoms. The minimum atomic E-state index is 0.805. The van der Waals surface area contributed by atoms with Gasteiger partial charge in [-0.15, -0.1) is 0 Å². The van der Waals surface area contributed by atoms with Crippen molar-refractivity contribution in [2.45, 2.75) is 33.0 Å². The highest BCUT2D eigenvalue weighted by Crippen LogP contribution is 2.12. The molecule has 0 radical (unpaired) electrons. The van der Waals surface area contributed by atoms with Crippen molar-refractivity contribution in [2.75, 3.05) is 13.6 Å². The molecule has 0 bridgehead atoms. The average molecular weight is 262 g/mol. The molecule has 1 N–H and O–H groups in total. The fourth-order valence-corrected chi connectivity index (χ4v) is 2.01. The first-order valence-electron chi connectivity index (χ1n) is 6.76. The van der Waals surface area contributed by atoms with Crippen molar-refractivity contribution in [1.82, 2.24) is 10.2 Å². The van der Waals surface area contributed by atoms with E-state index in [1.54, 1.807) is 12.5 Å². The highest BCUT2D eigenvalue weighted by atomic mass is 16.3. The molecule has 0 atom stereocenters. The Labute approximate surface area is 114 Å². The molecule has 0 aliphatic heterocycles. The minimum absolute atomic E-state index is 0.805. The van der Waals surface area contributed by atoms with Crippen molar-refractivity contribution in [2.24, 2.45) is 0 Å². The van der Waals surface area contributed by atoms with Crippen LogP contribution in [0, 0.1) is 0 Å². The van der Waals surface area contributed by atoms with Gasteiger partial charge in [0.2, 0.25) is 0 Å². The van der Waals surface area contributed by atoms with Gasteiger partial charge in [-0.05, 0) is 38.2 Å². The Bertz CT molecular complexity index is 462. The van der Waals surface area contributed by atoms with Crippen LogP contribution in [0.25, 0.3) is 0 Å². The van der Waals surface area contributed by atoms with E-state index in [9.17, 15) is 0 Å². The molecule has 0 saturated carbocycles. The quantitative estimate of drug-likeness (QED) is 0.743. The summed E-state index contributed by atoms with van der Waals surface area (Å²) in [6.45, 7) is 5.65. The smallest absolute Gasteiger partial charge is 0.118 e. The van der Waals surface area contributed by atoms with Gasteiger partial charge in [-0.3, -0.25) is 4.90 Å². The summed E-state index contributed by atoms with van der Waals surface area (Å²) in [5.74, 6) is 2.00. The summed E-state index contributed by atoms with van der Waals surface area (Å²) in [6.07, 6.45) is 4.62. The summed E-state index contributed by atoms with van der Waals surface area (Å²) >= 11 is 0. The van der Waals surface area contributed by atoms with Gasteiger partial charge < -0.3 is 14.2 Å². The van der Waals surface area contributed by atoms with E-state index < -0.39 is 0 Å². The third-order valence-electron chi connectivity index (χ3n) is 2.90. The molecule has 2 rings (SSSR count). The maximum Gasteiger partial charge on any atom is 0.118 e. The summed E-state index contributed by atoms with van der Waals surface area (Å²) in [7, 11) is 2.07. The number of rotatable bonds is 8. The van der Waals surface area contributed by atoms with Crippen LogP contribution in [0.15, 0.2) is 39.6 Å². The summed E-state index contributed by atoms with van der Waals surface area (Å²) in [4.78, 5) is 2.20. The van der Waals surface area contributed by atoms with E-state index in [2.05, 4.69) is 30.3 Å². The minimum Gasteiger partial charge on any atom is -0.472 e. The zero-order valence-electron chi connectivity index (χ0n) is 11.7. The molecule has 0 aliphatic rings. The van der Waals surface area contributed by atoms with Gasteiger partial charge in [-0.2, -0.15) is 0 Å². The highest BCUT2D eigenvalue weighted by Gasteiger charge is 2.06. The lowest BCUT2D eigenvalue weighted by molar-refractivity contribution is 0.282. The molecule has 0 spiro atoms. The second kappa shape index (κ2) is 7.16. The van der Waals surface area contributed by atoms with Crippen LogP contribution in [0.2, 0.25) is 0 Å². The molecule has 0 amide bonds. The van der Waals surface area contributed by atoms with E-state index in [4.69, 9.17) is 8.83 Å². The van der Waals surface area contributed by atoms with Crippen molar-refractivity contribution in [3.63, 3.8) is 0 Å². The number of hydrogen-bond acceptors (Lipinski definition) is 4. The van der Waals surface area contributed by atoms with E-state index in [1.807, 2.05) is 12.1 Å². The number of furan rings is 2. The first-order valence-corrected chi connectivity index (χ1v) is 6.76. The molecule has 4 heteroatoms. The van der Waals surface area contributed by atoms with Crippen LogP contribution < -0.4 is 5.32 Å². The summed E-state index contributed by atoms with van der Waals surface area (Å²) in [6, 6.07) is 6.08. The lowest BCUT2D eigenvalue weighted by Gasteiger charge is -2.13. The zero-order chi connectivity index (χ0) is 13.5. The topological polar surface area (TPSA) is 41.5 Å². The largest absolute Gasteiger partial charge is 0.472 e. The normalized spacial score (nSPS) is 11.3. The van der Waals surface area contributed by atoms with E-state index >= 15 is 0 Å². The highest BCUT2D eigenvalue weighted by molar-refractivity contribution is 5.08. The van der Waals surface area contributed by atoms with Gasteiger partial charge in [0.05, 0.1) is 25.6 Å². The molecule has 0 aliphatic carbocycles. The molecule has 0 fully saturated rings. The van der Waals surface area contributed by atoms with Crippen molar-refractivity contribution in [1.29, 1.82) is 0 Å². The van der Waals surface area contributed by atoms with Crippen LogP contribution in [0.4, 0.5) is 0 Å². The molecule has 2 aromatic rings.